The Hall–Kier alpha value is -2.96. The minimum atomic E-state index is -0.241. The van der Waals surface area contributed by atoms with Crippen LogP contribution in [-0.4, -0.2) is 25.6 Å². The lowest BCUT2D eigenvalue weighted by Gasteiger charge is -2.15. The van der Waals surface area contributed by atoms with Crippen molar-refractivity contribution in [3.8, 4) is 11.3 Å². The number of benzene rings is 1. The van der Waals surface area contributed by atoms with Crippen molar-refractivity contribution in [3.05, 3.63) is 58.7 Å². The zero-order valence-corrected chi connectivity index (χ0v) is 14.9. The highest BCUT2D eigenvalue weighted by Crippen LogP contribution is 2.24. The third-order valence-electron chi connectivity index (χ3n) is 4.63. The first-order chi connectivity index (χ1) is 12.4. The Balaban J connectivity index is 1.50. The molecule has 1 aromatic carbocycles. The predicted molar refractivity (Wildman–Crippen MR) is 92.6 cm³/mol. The maximum absolute atomic E-state index is 13.5. The quantitative estimate of drug-likeness (QED) is 0.725. The second kappa shape index (κ2) is 6.09. The topological polar surface area (TPSA) is 64.2 Å². The molecule has 0 aliphatic carbocycles. The molecule has 0 unspecified atom stereocenters. The zero-order chi connectivity index (χ0) is 18.4. The number of hydrogen-bond donors (Lipinski definition) is 0. The number of carbonyl (C=O) groups is 1. The van der Waals surface area contributed by atoms with Crippen LogP contribution in [0.25, 0.3) is 11.3 Å². The van der Waals surface area contributed by atoms with Gasteiger partial charge in [0.25, 0.3) is 0 Å². The Kier molecular flexibility index (Phi) is 3.86. The van der Waals surface area contributed by atoms with Crippen LogP contribution in [0, 0.1) is 26.6 Å². The Bertz CT molecular complexity index is 982. The molecule has 1 aliphatic rings. The number of rotatable bonds is 3. The van der Waals surface area contributed by atoms with Gasteiger partial charge in [0.15, 0.2) is 5.89 Å². The van der Waals surface area contributed by atoms with E-state index in [-0.39, 0.29) is 18.3 Å². The minimum Gasteiger partial charge on any atom is -0.444 e. The Morgan fingerprint density at radius 3 is 2.77 bits per heavy atom. The van der Waals surface area contributed by atoms with Gasteiger partial charge in [0.1, 0.15) is 23.8 Å². The zero-order valence-electron chi connectivity index (χ0n) is 14.9. The van der Waals surface area contributed by atoms with E-state index >= 15 is 0 Å². The molecular weight excluding hydrogens is 335 g/mol. The summed E-state index contributed by atoms with van der Waals surface area (Å²) in [6, 6.07) is 6.79. The van der Waals surface area contributed by atoms with Gasteiger partial charge >= 0.3 is 0 Å². The molecule has 1 aliphatic heterocycles. The van der Waals surface area contributed by atoms with Crippen LogP contribution in [0.15, 0.2) is 28.7 Å². The second-order valence-electron chi connectivity index (χ2n) is 6.65. The number of aromatic nitrogens is 3. The van der Waals surface area contributed by atoms with Gasteiger partial charge < -0.3 is 9.32 Å². The van der Waals surface area contributed by atoms with Gasteiger partial charge in [0, 0.05) is 18.2 Å². The largest absolute Gasteiger partial charge is 0.444 e. The van der Waals surface area contributed by atoms with Crippen LogP contribution in [0.1, 0.15) is 28.6 Å². The lowest BCUT2D eigenvalue weighted by molar-refractivity contribution is -0.132. The smallest absolute Gasteiger partial charge is 0.245 e. The van der Waals surface area contributed by atoms with Gasteiger partial charge in [-0.25, -0.2) is 9.37 Å². The minimum absolute atomic E-state index is 0.0381. The van der Waals surface area contributed by atoms with E-state index in [1.54, 1.807) is 35.6 Å². The van der Waals surface area contributed by atoms with E-state index in [9.17, 15) is 9.18 Å². The number of halogens is 1. The molecule has 0 spiro atoms. The molecule has 1 amide bonds. The SMILES string of the molecule is Cc1nc2c(o1)CN(C(=O)Cn1nc(-c3ccc(F)c(C)c3)cc1C)C2. The summed E-state index contributed by atoms with van der Waals surface area (Å²) in [5.74, 6) is 1.11. The van der Waals surface area contributed by atoms with Crippen molar-refractivity contribution < 1.29 is 13.6 Å². The molecule has 0 atom stereocenters. The van der Waals surface area contributed by atoms with Crippen molar-refractivity contribution in [2.24, 2.45) is 0 Å². The van der Waals surface area contributed by atoms with Gasteiger partial charge in [-0.1, -0.05) is 0 Å². The highest BCUT2D eigenvalue weighted by Gasteiger charge is 2.28. The van der Waals surface area contributed by atoms with Crippen molar-refractivity contribution >= 4 is 5.91 Å². The van der Waals surface area contributed by atoms with E-state index in [4.69, 9.17) is 4.42 Å². The number of hydrogen-bond acceptors (Lipinski definition) is 4. The van der Waals surface area contributed by atoms with Crippen LogP contribution in [-0.2, 0) is 24.4 Å². The van der Waals surface area contributed by atoms with E-state index in [1.807, 2.05) is 13.0 Å². The first kappa shape index (κ1) is 16.5. The number of oxazole rings is 1. The molecule has 0 fully saturated rings. The molecule has 2 aromatic heterocycles. The molecule has 3 aromatic rings. The van der Waals surface area contributed by atoms with Gasteiger partial charge in [-0.3, -0.25) is 9.48 Å². The fourth-order valence-corrected chi connectivity index (χ4v) is 3.19. The summed E-state index contributed by atoms with van der Waals surface area (Å²) in [6.45, 7) is 6.48. The molecule has 0 saturated heterocycles. The molecule has 0 bridgehead atoms. The summed E-state index contributed by atoms with van der Waals surface area (Å²) < 4.78 is 20.6. The summed E-state index contributed by atoms with van der Waals surface area (Å²) in [4.78, 5) is 18.6. The Morgan fingerprint density at radius 1 is 1.23 bits per heavy atom. The molecule has 0 saturated carbocycles. The highest BCUT2D eigenvalue weighted by atomic mass is 19.1. The van der Waals surface area contributed by atoms with E-state index in [1.165, 1.54) is 6.07 Å². The molecular formula is C19H19FN4O2. The molecule has 26 heavy (non-hydrogen) atoms. The molecule has 3 heterocycles. The number of aryl methyl sites for hydroxylation is 3. The fraction of sp³-hybridized carbons (Fsp3) is 0.316. The maximum Gasteiger partial charge on any atom is 0.245 e. The van der Waals surface area contributed by atoms with E-state index in [0.29, 0.717) is 24.5 Å². The lowest BCUT2D eigenvalue weighted by atomic mass is 10.1. The summed E-state index contributed by atoms with van der Waals surface area (Å²) in [5, 5.41) is 4.52. The average molecular weight is 354 g/mol. The van der Waals surface area contributed by atoms with Crippen LogP contribution in [0.5, 0.6) is 0 Å². The van der Waals surface area contributed by atoms with Gasteiger partial charge in [-0.15, -0.1) is 0 Å². The van der Waals surface area contributed by atoms with Crippen molar-refractivity contribution in [2.75, 3.05) is 0 Å². The molecule has 0 radical (unpaired) electrons. The number of nitrogens with zero attached hydrogens (tertiary/aromatic N) is 4. The van der Waals surface area contributed by atoms with Gasteiger partial charge in [0.05, 0.1) is 18.8 Å². The van der Waals surface area contributed by atoms with Crippen LogP contribution in [0.4, 0.5) is 4.39 Å². The van der Waals surface area contributed by atoms with Crippen LogP contribution in [0.2, 0.25) is 0 Å². The van der Waals surface area contributed by atoms with Crippen LogP contribution in [0.3, 0.4) is 0 Å². The van der Waals surface area contributed by atoms with Gasteiger partial charge in [-0.2, -0.15) is 5.10 Å². The van der Waals surface area contributed by atoms with E-state index < -0.39 is 0 Å². The summed E-state index contributed by atoms with van der Waals surface area (Å²) >= 11 is 0. The van der Waals surface area contributed by atoms with Gasteiger partial charge in [0.2, 0.25) is 5.91 Å². The first-order valence-corrected chi connectivity index (χ1v) is 8.44. The first-order valence-electron chi connectivity index (χ1n) is 8.44. The number of amides is 1. The van der Waals surface area contributed by atoms with Crippen molar-refractivity contribution in [2.45, 2.75) is 40.4 Å². The van der Waals surface area contributed by atoms with Crippen molar-refractivity contribution in [3.63, 3.8) is 0 Å². The molecule has 134 valence electrons. The summed E-state index contributed by atoms with van der Waals surface area (Å²) in [6.07, 6.45) is 0. The Morgan fingerprint density at radius 2 is 2.04 bits per heavy atom. The highest BCUT2D eigenvalue weighted by molar-refractivity contribution is 5.76. The van der Waals surface area contributed by atoms with Crippen LogP contribution >= 0.6 is 0 Å². The van der Waals surface area contributed by atoms with Gasteiger partial charge in [-0.05, 0) is 43.7 Å². The van der Waals surface area contributed by atoms with Crippen molar-refractivity contribution in [1.82, 2.24) is 19.7 Å². The number of carbonyl (C=O) groups excluding carboxylic acids is 1. The Labute approximate surface area is 150 Å². The average Bonchev–Trinajstić information content (AvgIpc) is 3.23. The molecule has 7 heteroatoms. The van der Waals surface area contributed by atoms with E-state index in [2.05, 4.69) is 10.1 Å². The lowest BCUT2D eigenvalue weighted by Crippen LogP contribution is -2.30. The second-order valence-corrected chi connectivity index (χ2v) is 6.65. The summed E-state index contributed by atoms with van der Waals surface area (Å²) in [7, 11) is 0. The monoisotopic (exact) mass is 354 g/mol. The maximum atomic E-state index is 13.5. The summed E-state index contributed by atoms with van der Waals surface area (Å²) in [5.41, 5.74) is 3.83. The van der Waals surface area contributed by atoms with E-state index in [0.717, 1.165) is 28.4 Å². The fourth-order valence-electron chi connectivity index (χ4n) is 3.19. The normalized spacial score (nSPS) is 13.3. The molecule has 4 rings (SSSR count). The van der Waals surface area contributed by atoms with Crippen LogP contribution < -0.4 is 0 Å². The molecule has 0 N–H and O–H groups in total. The molecule has 6 nitrogen and oxygen atoms in total. The number of fused-ring (bicyclic) bond motifs is 1. The predicted octanol–water partition coefficient (Wildman–Crippen LogP) is 3.14. The third-order valence-corrected chi connectivity index (χ3v) is 4.63. The third kappa shape index (κ3) is 2.89. The standard InChI is InChI=1S/C19H19FN4O2/c1-11-6-14(4-5-15(11)20)16-7-12(2)24(22-16)10-19(25)23-8-17-18(9-23)26-13(3)21-17/h4-7H,8-10H2,1-3H3. The van der Waals surface area contributed by atoms with Crippen molar-refractivity contribution in [1.29, 1.82) is 0 Å².